The van der Waals surface area contributed by atoms with Gasteiger partial charge in [0.1, 0.15) is 0 Å². The maximum atomic E-state index is 5.89. The number of anilines is 1. The van der Waals surface area contributed by atoms with Crippen LogP contribution in [0.25, 0.3) is 11.2 Å². The molecule has 1 fully saturated rings. The first-order valence-corrected chi connectivity index (χ1v) is 5.61. The minimum Gasteiger partial charge on any atom is -0.355 e. The zero-order valence-electron chi connectivity index (χ0n) is 8.60. The molecule has 0 saturated carbocycles. The summed E-state index contributed by atoms with van der Waals surface area (Å²) in [5, 5.41) is 0.231. The van der Waals surface area contributed by atoms with Gasteiger partial charge in [-0.3, -0.25) is 0 Å². The summed E-state index contributed by atoms with van der Waals surface area (Å²) < 4.78 is 0. The van der Waals surface area contributed by atoms with Gasteiger partial charge in [0.15, 0.2) is 17.0 Å². The second-order valence-corrected chi connectivity index (χ2v) is 4.08. The van der Waals surface area contributed by atoms with Crippen molar-refractivity contribution in [1.29, 1.82) is 0 Å². The molecule has 2 aromatic heterocycles. The zero-order valence-corrected chi connectivity index (χ0v) is 9.35. The lowest BCUT2D eigenvalue weighted by Crippen LogP contribution is -2.20. The molecule has 82 valence electrons. The largest absolute Gasteiger partial charge is 0.355 e. The summed E-state index contributed by atoms with van der Waals surface area (Å²) in [7, 11) is 0. The Morgan fingerprint density at radius 2 is 1.81 bits per heavy atom. The molecule has 5 nitrogen and oxygen atoms in total. The van der Waals surface area contributed by atoms with Crippen LogP contribution >= 0.6 is 11.6 Å². The number of hydrogen-bond acceptors (Lipinski definition) is 5. The molecule has 0 radical (unpaired) electrons. The van der Waals surface area contributed by atoms with Crippen LogP contribution in [0.4, 0.5) is 5.82 Å². The third-order valence-electron chi connectivity index (χ3n) is 2.69. The van der Waals surface area contributed by atoms with Crippen molar-refractivity contribution in [3.63, 3.8) is 0 Å². The van der Waals surface area contributed by atoms with E-state index in [1.807, 2.05) is 0 Å². The smallest absolute Gasteiger partial charge is 0.226 e. The number of aromatic nitrogens is 4. The maximum absolute atomic E-state index is 5.89. The summed E-state index contributed by atoms with van der Waals surface area (Å²) in [4.78, 5) is 18.9. The predicted octanol–water partition coefficient (Wildman–Crippen LogP) is 1.67. The summed E-state index contributed by atoms with van der Waals surface area (Å²) in [6, 6.07) is 0. The summed E-state index contributed by atoms with van der Waals surface area (Å²) in [6.45, 7) is 2.00. The Morgan fingerprint density at radius 1 is 1.06 bits per heavy atom. The average Bonchev–Trinajstić information content (AvgIpc) is 2.81. The van der Waals surface area contributed by atoms with Crippen molar-refractivity contribution < 1.29 is 0 Å². The molecule has 0 aliphatic carbocycles. The van der Waals surface area contributed by atoms with Gasteiger partial charge in [0.25, 0.3) is 0 Å². The highest BCUT2D eigenvalue weighted by atomic mass is 35.5. The average molecular weight is 236 g/mol. The molecule has 0 spiro atoms. The minimum atomic E-state index is 0.231. The Balaban J connectivity index is 2.21. The van der Waals surface area contributed by atoms with Gasteiger partial charge in [0.05, 0.1) is 0 Å². The Kier molecular flexibility index (Phi) is 2.32. The maximum Gasteiger partial charge on any atom is 0.226 e. The molecule has 1 aliphatic rings. The second-order valence-electron chi connectivity index (χ2n) is 3.74. The standard InChI is InChI=1S/C10H10ClN5/c11-10-14-8-7(12-3-4-13-8)9(15-10)16-5-1-2-6-16/h3-4H,1-2,5-6H2. The van der Waals surface area contributed by atoms with E-state index in [1.54, 1.807) is 12.4 Å². The van der Waals surface area contributed by atoms with E-state index >= 15 is 0 Å². The molecule has 3 heterocycles. The molecule has 0 unspecified atom stereocenters. The van der Waals surface area contributed by atoms with Gasteiger partial charge in [-0.05, 0) is 24.4 Å². The molecule has 1 aliphatic heterocycles. The topological polar surface area (TPSA) is 54.8 Å². The first-order valence-electron chi connectivity index (χ1n) is 5.24. The third-order valence-corrected chi connectivity index (χ3v) is 2.86. The fourth-order valence-electron chi connectivity index (χ4n) is 1.97. The molecule has 0 atom stereocenters. The number of rotatable bonds is 1. The van der Waals surface area contributed by atoms with Gasteiger partial charge < -0.3 is 4.90 Å². The van der Waals surface area contributed by atoms with Crippen molar-refractivity contribution >= 4 is 28.6 Å². The number of nitrogens with zero attached hydrogens (tertiary/aromatic N) is 5. The van der Waals surface area contributed by atoms with E-state index in [-0.39, 0.29) is 5.28 Å². The van der Waals surface area contributed by atoms with E-state index in [4.69, 9.17) is 11.6 Å². The van der Waals surface area contributed by atoms with Crippen molar-refractivity contribution in [2.45, 2.75) is 12.8 Å². The first-order chi connectivity index (χ1) is 7.84. The molecule has 0 N–H and O–H groups in total. The van der Waals surface area contributed by atoms with Gasteiger partial charge >= 0.3 is 0 Å². The summed E-state index contributed by atoms with van der Waals surface area (Å²) in [5.74, 6) is 0.806. The molecule has 16 heavy (non-hydrogen) atoms. The molecule has 6 heteroatoms. The van der Waals surface area contributed by atoms with Crippen LogP contribution < -0.4 is 4.90 Å². The highest BCUT2D eigenvalue weighted by molar-refractivity contribution is 6.28. The SMILES string of the molecule is Clc1nc(N2CCCC2)c2nccnc2n1. The summed E-state index contributed by atoms with van der Waals surface area (Å²) in [6.07, 6.45) is 5.63. The van der Waals surface area contributed by atoms with Gasteiger partial charge in [-0.1, -0.05) is 0 Å². The van der Waals surface area contributed by atoms with Gasteiger partial charge in [-0.15, -0.1) is 0 Å². The van der Waals surface area contributed by atoms with Crippen LogP contribution in [0.5, 0.6) is 0 Å². The summed E-state index contributed by atoms with van der Waals surface area (Å²) >= 11 is 5.89. The molecule has 0 amide bonds. The van der Waals surface area contributed by atoms with Crippen LogP contribution in [-0.4, -0.2) is 33.0 Å². The van der Waals surface area contributed by atoms with Crippen molar-refractivity contribution in [2.24, 2.45) is 0 Å². The lowest BCUT2D eigenvalue weighted by Gasteiger charge is -2.16. The lowest BCUT2D eigenvalue weighted by atomic mass is 10.4. The highest BCUT2D eigenvalue weighted by Gasteiger charge is 2.18. The Hall–Kier alpha value is -1.49. The summed E-state index contributed by atoms with van der Waals surface area (Å²) in [5.41, 5.74) is 1.29. The van der Waals surface area contributed by atoms with Crippen LogP contribution in [0.3, 0.4) is 0 Å². The highest BCUT2D eigenvalue weighted by Crippen LogP contribution is 2.25. The number of hydrogen-bond donors (Lipinski definition) is 0. The van der Waals surface area contributed by atoms with Crippen LogP contribution in [0.1, 0.15) is 12.8 Å². The predicted molar refractivity (Wildman–Crippen MR) is 61.6 cm³/mol. The molecular weight excluding hydrogens is 226 g/mol. The van der Waals surface area contributed by atoms with E-state index in [0.29, 0.717) is 5.65 Å². The van der Waals surface area contributed by atoms with Crippen LogP contribution in [0.2, 0.25) is 5.28 Å². The van der Waals surface area contributed by atoms with E-state index < -0.39 is 0 Å². The molecule has 2 aromatic rings. The third kappa shape index (κ3) is 1.57. The molecule has 1 saturated heterocycles. The van der Waals surface area contributed by atoms with Gasteiger partial charge in [0.2, 0.25) is 5.28 Å². The van der Waals surface area contributed by atoms with Crippen molar-refractivity contribution in [2.75, 3.05) is 18.0 Å². The van der Waals surface area contributed by atoms with E-state index in [1.165, 1.54) is 12.8 Å². The van der Waals surface area contributed by atoms with E-state index in [9.17, 15) is 0 Å². The Morgan fingerprint density at radius 3 is 2.62 bits per heavy atom. The Labute approximate surface area is 97.5 Å². The van der Waals surface area contributed by atoms with Crippen molar-refractivity contribution in [3.05, 3.63) is 17.7 Å². The van der Waals surface area contributed by atoms with Gasteiger partial charge in [-0.2, -0.15) is 9.97 Å². The minimum absolute atomic E-state index is 0.231. The first kappa shape index (κ1) is 9.72. The zero-order chi connectivity index (χ0) is 11.0. The number of halogens is 1. The van der Waals surface area contributed by atoms with Gasteiger partial charge in [0, 0.05) is 25.5 Å². The van der Waals surface area contributed by atoms with Crippen LogP contribution in [0, 0.1) is 0 Å². The van der Waals surface area contributed by atoms with E-state index in [0.717, 1.165) is 24.4 Å². The molecule has 3 rings (SSSR count). The quantitative estimate of drug-likeness (QED) is 0.704. The fraction of sp³-hybridized carbons (Fsp3) is 0.400. The van der Waals surface area contributed by atoms with Crippen LogP contribution in [0.15, 0.2) is 12.4 Å². The number of fused-ring (bicyclic) bond motifs is 1. The molecular formula is C10H10ClN5. The lowest BCUT2D eigenvalue weighted by molar-refractivity contribution is 0.933. The van der Waals surface area contributed by atoms with Crippen molar-refractivity contribution in [1.82, 2.24) is 19.9 Å². The second kappa shape index (κ2) is 3.83. The van der Waals surface area contributed by atoms with E-state index in [2.05, 4.69) is 24.8 Å². The molecule has 0 aromatic carbocycles. The monoisotopic (exact) mass is 235 g/mol. The molecule has 0 bridgehead atoms. The normalized spacial score (nSPS) is 15.9. The Bertz CT molecular complexity index is 524. The van der Waals surface area contributed by atoms with Crippen LogP contribution in [-0.2, 0) is 0 Å². The fourth-order valence-corrected chi connectivity index (χ4v) is 2.13. The van der Waals surface area contributed by atoms with Crippen molar-refractivity contribution in [3.8, 4) is 0 Å². The van der Waals surface area contributed by atoms with Gasteiger partial charge in [-0.25, -0.2) is 9.97 Å².